The molecule has 0 saturated carbocycles. The largest absolute Gasteiger partial charge is 0.493 e. The lowest BCUT2D eigenvalue weighted by atomic mass is 10.1. The maximum absolute atomic E-state index is 13.2. The zero-order valence-electron chi connectivity index (χ0n) is 19.8. The molecule has 1 aliphatic heterocycles. The van der Waals surface area contributed by atoms with Crippen LogP contribution in [0.5, 0.6) is 11.5 Å². The Kier molecular flexibility index (Phi) is 9.04. The zero-order chi connectivity index (χ0) is 24.5. The molecule has 0 N–H and O–H groups in total. The van der Waals surface area contributed by atoms with Crippen molar-refractivity contribution in [1.29, 1.82) is 0 Å². The van der Waals surface area contributed by atoms with Crippen molar-refractivity contribution in [1.82, 2.24) is 4.90 Å². The first kappa shape index (κ1) is 25.2. The Bertz CT molecular complexity index is 992. The SMILES string of the molecule is COc1cc(CCC(C)=O)ccc1OCC1CN(C(=O)C(OC(C)=O)c2ccccc2)CCO1. The van der Waals surface area contributed by atoms with Gasteiger partial charge in [0, 0.05) is 25.5 Å². The normalized spacial score (nSPS) is 16.4. The van der Waals surface area contributed by atoms with Crippen LogP contribution in [0.1, 0.15) is 37.5 Å². The number of nitrogens with zero attached hydrogens (tertiary/aromatic N) is 1. The fourth-order valence-electron chi connectivity index (χ4n) is 3.73. The van der Waals surface area contributed by atoms with Crippen molar-refractivity contribution in [3.05, 3.63) is 59.7 Å². The van der Waals surface area contributed by atoms with E-state index in [1.807, 2.05) is 24.3 Å². The van der Waals surface area contributed by atoms with E-state index in [0.717, 1.165) is 5.56 Å². The number of hydrogen-bond donors (Lipinski definition) is 0. The molecular formula is C26H31NO7. The molecule has 2 aromatic rings. The minimum Gasteiger partial charge on any atom is -0.493 e. The highest BCUT2D eigenvalue weighted by Gasteiger charge is 2.32. The lowest BCUT2D eigenvalue weighted by Crippen LogP contribution is -2.49. The number of rotatable bonds is 10. The average Bonchev–Trinajstić information content (AvgIpc) is 2.85. The van der Waals surface area contributed by atoms with Crippen LogP contribution in [0, 0.1) is 0 Å². The number of methoxy groups -OCH3 is 1. The molecule has 0 spiro atoms. The Balaban J connectivity index is 1.63. The minimum atomic E-state index is -0.999. The molecule has 3 rings (SSSR count). The summed E-state index contributed by atoms with van der Waals surface area (Å²) < 4.78 is 22.5. The Morgan fingerprint density at radius 2 is 1.85 bits per heavy atom. The Morgan fingerprint density at radius 1 is 1.09 bits per heavy atom. The van der Waals surface area contributed by atoms with Crippen LogP contribution in [0.25, 0.3) is 0 Å². The van der Waals surface area contributed by atoms with E-state index >= 15 is 0 Å². The molecule has 182 valence electrons. The Labute approximate surface area is 199 Å². The molecule has 2 unspecified atom stereocenters. The van der Waals surface area contributed by atoms with Crippen LogP contribution in [-0.4, -0.2) is 62.1 Å². The van der Waals surface area contributed by atoms with Gasteiger partial charge in [-0.2, -0.15) is 0 Å². The molecule has 0 aliphatic carbocycles. The number of carbonyl (C=O) groups excluding carboxylic acids is 3. The molecule has 34 heavy (non-hydrogen) atoms. The lowest BCUT2D eigenvalue weighted by Gasteiger charge is -2.34. The molecule has 8 heteroatoms. The first-order valence-corrected chi connectivity index (χ1v) is 11.3. The van der Waals surface area contributed by atoms with Gasteiger partial charge in [-0.1, -0.05) is 36.4 Å². The summed E-state index contributed by atoms with van der Waals surface area (Å²) in [6.45, 7) is 4.13. The van der Waals surface area contributed by atoms with Crippen molar-refractivity contribution in [3.8, 4) is 11.5 Å². The third kappa shape index (κ3) is 7.05. The molecule has 1 heterocycles. The molecule has 1 amide bonds. The van der Waals surface area contributed by atoms with E-state index in [1.54, 1.807) is 43.2 Å². The summed E-state index contributed by atoms with van der Waals surface area (Å²) in [5.41, 5.74) is 1.61. The second kappa shape index (κ2) is 12.2. The van der Waals surface area contributed by atoms with Gasteiger partial charge in [0.05, 0.1) is 20.3 Å². The first-order chi connectivity index (χ1) is 16.4. The molecule has 2 atom stereocenters. The van der Waals surface area contributed by atoms with E-state index in [4.69, 9.17) is 18.9 Å². The predicted molar refractivity (Wildman–Crippen MR) is 125 cm³/mol. The van der Waals surface area contributed by atoms with Gasteiger partial charge < -0.3 is 28.6 Å². The highest BCUT2D eigenvalue weighted by molar-refractivity contribution is 5.84. The number of amides is 1. The van der Waals surface area contributed by atoms with E-state index in [2.05, 4.69) is 0 Å². The second-order valence-electron chi connectivity index (χ2n) is 8.18. The van der Waals surface area contributed by atoms with Crippen molar-refractivity contribution >= 4 is 17.7 Å². The van der Waals surface area contributed by atoms with Gasteiger partial charge in [-0.15, -0.1) is 0 Å². The minimum absolute atomic E-state index is 0.135. The molecule has 0 aromatic heterocycles. The molecule has 1 aliphatic rings. The third-order valence-corrected chi connectivity index (χ3v) is 5.48. The summed E-state index contributed by atoms with van der Waals surface area (Å²) in [4.78, 5) is 37.7. The van der Waals surface area contributed by atoms with E-state index in [0.29, 0.717) is 49.6 Å². The fourth-order valence-corrected chi connectivity index (χ4v) is 3.73. The number of morpholine rings is 1. The van der Waals surface area contributed by atoms with E-state index in [9.17, 15) is 14.4 Å². The van der Waals surface area contributed by atoms with Crippen molar-refractivity contribution in [3.63, 3.8) is 0 Å². The van der Waals surface area contributed by atoms with Gasteiger partial charge in [-0.3, -0.25) is 9.59 Å². The van der Waals surface area contributed by atoms with Crippen LogP contribution in [0.15, 0.2) is 48.5 Å². The molecular weight excluding hydrogens is 438 g/mol. The number of carbonyl (C=O) groups is 3. The summed E-state index contributed by atoms with van der Waals surface area (Å²) in [6, 6.07) is 14.5. The molecule has 0 bridgehead atoms. The summed E-state index contributed by atoms with van der Waals surface area (Å²) in [5, 5.41) is 0. The number of ketones is 1. The topological polar surface area (TPSA) is 91.4 Å². The first-order valence-electron chi connectivity index (χ1n) is 11.3. The van der Waals surface area contributed by atoms with Gasteiger partial charge in [0.2, 0.25) is 6.10 Å². The van der Waals surface area contributed by atoms with Crippen LogP contribution >= 0.6 is 0 Å². The van der Waals surface area contributed by atoms with Gasteiger partial charge in [-0.25, -0.2) is 0 Å². The van der Waals surface area contributed by atoms with Crippen LogP contribution in [0.2, 0.25) is 0 Å². The van der Waals surface area contributed by atoms with E-state index in [-0.39, 0.29) is 24.4 Å². The number of aryl methyl sites for hydroxylation is 1. The molecule has 0 radical (unpaired) electrons. The molecule has 2 aromatic carbocycles. The second-order valence-corrected chi connectivity index (χ2v) is 8.18. The average molecular weight is 470 g/mol. The van der Waals surface area contributed by atoms with Crippen molar-refractivity contribution in [2.45, 2.75) is 38.9 Å². The van der Waals surface area contributed by atoms with Gasteiger partial charge in [-0.05, 0) is 31.0 Å². The molecule has 1 fully saturated rings. The summed E-state index contributed by atoms with van der Waals surface area (Å²) >= 11 is 0. The van der Waals surface area contributed by atoms with Crippen molar-refractivity contribution in [2.75, 3.05) is 33.4 Å². The summed E-state index contributed by atoms with van der Waals surface area (Å²) in [7, 11) is 1.56. The Hall–Kier alpha value is -3.39. The number of benzene rings is 2. The van der Waals surface area contributed by atoms with Crippen molar-refractivity contribution in [2.24, 2.45) is 0 Å². The standard InChI is InChI=1S/C26H31NO7/c1-18(28)9-10-20-11-12-23(24(15-20)31-3)33-17-22-16-27(13-14-32-22)26(30)25(34-19(2)29)21-7-5-4-6-8-21/h4-8,11-12,15,22,25H,9-10,13-14,16-17H2,1-3H3. The maximum Gasteiger partial charge on any atom is 0.303 e. The summed E-state index contributed by atoms with van der Waals surface area (Å²) in [5.74, 6) is 0.458. The maximum atomic E-state index is 13.2. The third-order valence-electron chi connectivity index (χ3n) is 5.48. The lowest BCUT2D eigenvalue weighted by molar-refractivity contribution is -0.163. The highest BCUT2D eigenvalue weighted by Crippen LogP contribution is 2.29. The van der Waals surface area contributed by atoms with Crippen LogP contribution < -0.4 is 9.47 Å². The van der Waals surface area contributed by atoms with Crippen molar-refractivity contribution < 1.29 is 33.3 Å². The van der Waals surface area contributed by atoms with E-state index in [1.165, 1.54) is 6.92 Å². The number of Topliss-reactive ketones (excluding diaryl/α,β-unsaturated/α-hetero) is 1. The van der Waals surface area contributed by atoms with Crippen LogP contribution in [0.3, 0.4) is 0 Å². The van der Waals surface area contributed by atoms with Gasteiger partial charge in [0.1, 0.15) is 18.5 Å². The van der Waals surface area contributed by atoms with Gasteiger partial charge >= 0.3 is 5.97 Å². The number of ether oxygens (including phenoxy) is 4. The molecule has 1 saturated heterocycles. The quantitative estimate of drug-likeness (QED) is 0.494. The Morgan fingerprint density at radius 3 is 2.53 bits per heavy atom. The monoisotopic (exact) mass is 469 g/mol. The summed E-state index contributed by atoms with van der Waals surface area (Å²) in [6.07, 6.45) is -0.241. The molecule has 8 nitrogen and oxygen atoms in total. The van der Waals surface area contributed by atoms with Gasteiger partial charge in [0.25, 0.3) is 5.91 Å². The smallest absolute Gasteiger partial charge is 0.303 e. The van der Waals surface area contributed by atoms with Crippen LogP contribution in [-0.2, 0) is 30.3 Å². The zero-order valence-corrected chi connectivity index (χ0v) is 19.8. The number of hydrogen-bond acceptors (Lipinski definition) is 7. The predicted octanol–water partition coefficient (Wildman–Crippen LogP) is 3.13. The van der Waals surface area contributed by atoms with Crippen LogP contribution in [0.4, 0.5) is 0 Å². The number of esters is 1. The van der Waals surface area contributed by atoms with Gasteiger partial charge in [0.15, 0.2) is 11.5 Å². The van der Waals surface area contributed by atoms with E-state index < -0.39 is 12.1 Å². The fraction of sp³-hybridized carbons (Fsp3) is 0.423. The highest BCUT2D eigenvalue weighted by atomic mass is 16.6.